The third kappa shape index (κ3) is 3.81. The van der Waals surface area contributed by atoms with Gasteiger partial charge in [0, 0.05) is 25.1 Å². The van der Waals surface area contributed by atoms with Gasteiger partial charge in [-0.25, -0.2) is 9.59 Å². The molecule has 0 bridgehead atoms. The molecular formula is C12H23N3O4. The highest BCUT2D eigenvalue weighted by Gasteiger charge is 2.44. The molecule has 0 aromatic heterocycles. The predicted molar refractivity (Wildman–Crippen MR) is 70.1 cm³/mol. The normalized spacial score (nSPS) is 23.4. The number of carboxylic acids is 1. The van der Waals surface area contributed by atoms with Crippen molar-refractivity contribution in [2.75, 3.05) is 33.9 Å². The number of likely N-dealkylation sites (N-methyl/N-ethyl adjacent to an activating group) is 1. The Morgan fingerprint density at radius 2 is 2.05 bits per heavy atom. The number of nitrogens with zero attached hydrogens (tertiary/aromatic N) is 1. The number of carboxylic acid groups (broad SMARTS) is 1. The molecule has 2 amide bonds. The van der Waals surface area contributed by atoms with Crippen molar-refractivity contribution >= 4 is 12.0 Å². The first-order valence-electron chi connectivity index (χ1n) is 6.24. The van der Waals surface area contributed by atoms with Gasteiger partial charge in [-0.1, -0.05) is 0 Å². The quantitative estimate of drug-likeness (QED) is 0.649. The van der Waals surface area contributed by atoms with Crippen LogP contribution in [0.4, 0.5) is 4.79 Å². The Bertz CT molecular complexity index is 349. The summed E-state index contributed by atoms with van der Waals surface area (Å²) in [5.41, 5.74) is -1.51. The van der Waals surface area contributed by atoms with Gasteiger partial charge >= 0.3 is 12.0 Å². The molecule has 1 rings (SSSR count). The van der Waals surface area contributed by atoms with Crippen LogP contribution in [0.15, 0.2) is 0 Å². The maximum Gasteiger partial charge on any atom is 0.332 e. The van der Waals surface area contributed by atoms with E-state index in [9.17, 15) is 14.7 Å². The van der Waals surface area contributed by atoms with Crippen molar-refractivity contribution in [1.82, 2.24) is 15.5 Å². The van der Waals surface area contributed by atoms with E-state index in [1.807, 2.05) is 32.8 Å². The molecule has 1 fully saturated rings. The van der Waals surface area contributed by atoms with Crippen molar-refractivity contribution in [1.29, 1.82) is 0 Å². The predicted octanol–water partition coefficient (Wildman–Crippen LogP) is -0.130. The number of hydrogen-bond acceptors (Lipinski definition) is 4. The Morgan fingerprint density at radius 1 is 1.42 bits per heavy atom. The second-order valence-corrected chi connectivity index (χ2v) is 5.70. The van der Waals surface area contributed by atoms with E-state index in [0.717, 1.165) is 0 Å². The fourth-order valence-electron chi connectivity index (χ4n) is 1.60. The molecule has 3 N–H and O–H groups in total. The minimum absolute atomic E-state index is 0.00677. The third-order valence-electron chi connectivity index (χ3n) is 3.68. The fraction of sp³-hybridized carbons (Fsp3) is 0.833. The van der Waals surface area contributed by atoms with E-state index in [1.54, 1.807) is 0 Å². The first-order chi connectivity index (χ1) is 8.69. The van der Waals surface area contributed by atoms with Crippen LogP contribution in [-0.4, -0.2) is 66.9 Å². The molecule has 1 aliphatic rings. The molecule has 7 nitrogen and oxygen atoms in total. The van der Waals surface area contributed by atoms with Crippen LogP contribution in [0, 0.1) is 0 Å². The topological polar surface area (TPSA) is 90.9 Å². The maximum atomic E-state index is 11.8. The number of carbonyl (C=O) groups excluding carboxylic acids is 1. The Kier molecular flexibility index (Phi) is 4.75. The first kappa shape index (κ1) is 15.7. The number of hydrogen-bond donors (Lipinski definition) is 3. The van der Waals surface area contributed by atoms with Crippen molar-refractivity contribution < 1.29 is 19.4 Å². The standard InChI is InChI=1S/C12H23N3O4/c1-11(2,15(3)4)7-13-10(18)14-12(9(16)17)5-6-19-8-12/h5-8H2,1-4H3,(H,16,17)(H2,13,14,18). The van der Waals surface area contributed by atoms with Gasteiger partial charge in [-0.3, -0.25) is 0 Å². The van der Waals surface area contributed by atoms with Gasteiger partial charge in [-0.15, -0.1) is 0 Å². The van der Waals surface area contributed by atoms with Crippen LogP contribution in [0.1, 0.15) is 20.3 Å². The summed E-state index contributed by atoms with van der Waals surface area (Å²) in [5, 5.41) is 14.4. The highest BCUT2D eigenvalue weighted by atomic mass is 16.5. The van der Waals surface area contributed by atoms with E-state index < -0.39 is 17.5 Å². The monoisotopic (exact) mass is 273 g/mol. The minimum atomic E-state index is -1.30. The van der Waals surface area contributed by atoms with Gasteiger partial charge < -0.3 is 25.4 Å². The van der Waals surface area contributed by atoms with E-state index in [4.69, 9.17) is 4.74 Å². The van der Waals surface area contributed by atoms with E-state index in [2.05, 4.69) is 10.6 Å². The summed E-state index contributed by atoms with van der Waals surface area (Å²) in [5.74, 6) is -1.06. The zero-order valence-electron chi connectivity index (χ0n) is 11.9. The summed E-state index contributed by atoms with van der Waals surface area (Å²) in [4.78, 5) is 25.0. The Morgan fingerprint density at radius 3 is 2.47 bits per heavy atom. The molecule has 0 aliphatic carbocycles. The Balaban J connectivity index is 2.53. The second kappa shape index (κ2) is 5.75. The van der Waals surface area contributed by atoms with Crippen molar-refractivity contribution in [3.63, 3.8) is 0 Å². The first-order valence-corrected chi connectivity index (χ1v) is 6.24. The summed E-state index contributed by atoms with van der Waals surface area (Å²) < 4.78 is 5.07. The molecule has 7 heteroatoms. The maximum absolute atomic E-state index is 11.8. The van der Waals surface area contributed by atoms with Crippen molar-refractivity contribution in [2.24, 2.45) is 0 Å². The van der Waals surface area contributed by atoms with Gasteiger partial charge in [0.05, 0.1) is 6.61 Å². The van der Waals surface area contributed by atoms with Crippen LogP contribution in [0.5, 0.6) is 0 Å². The molecule has 1 heterocycles. The molecule has 19 heavy (non-hydrogen) atoms. The average Bonchev–Trinajstić information content (AvgIpc) is 2.76. The lowest BCUT2D eigenvalue weighted by molar-refractivity contribution is -0.144. The van der Waals surface area contributed by atoms with Crippen LogP contribution < -0.4 is 10.6 Å². The number of urea groups is 1. The van der Waals surface area contributed by atoms with Gasteiger partial charge in [0.25, 0.3) is 0 Å². The molecule has 0 aromatic carbocycles. The number of rotatable bonds is 5. The van der Waals surface area contributed by atoms with Crippen LogP contribution in [-0.2, 0) is 9.53 Å². The zero-order valence-corrected chi connectivity index (χ0v) is 11.9. The molecule has 0 spiro atoms. The van der Waals surface area contributed by atoms with Crippen molar-refractivity contribution in [3.8, 4) is 0 Å². The highest BCUT2D eigenvalue weighted by Crippen LogP contribution is 2.18. The number of nitrogens with one attached hydrogen (secondary N) is 2. The molecular weight excluding hydrogens is 250 g/mol. The molecule has 1 atom stereocenters. The molecule has 0 aromatic rings. The van der Waals surface area contributed by atoms with Crippen LogP contribution >= 0.6 is 0 Å². The number of ether oxygens (including phenoxy) is 1. The van der Waals surface area contributed by atoms with Crippen LogP contribution in [0.3, 0.4) is 0 Å². The highest BCUT2D eigenvalue weighted by molar-refractivity contribution is 5.86. The summed E-state index contributed by atoms with van der Waals surface area (Å²) in [6, 6.07) is -0.483. The average molecular weight is 273 g/mol. The van der Waals surface area contributed by atoms with Gasteiger partial charge in [-0.05, 0) is 27.9 Å². The van der Waals surface area contributed by atoms with Gasteiger partial charge in [0.1, 0.15) is 0 Å². The van der Waals surface area contributed by atoms with E-state index in [-0.39, 0.29) is 18.6 Å². The van der Waals surface area contributed by atoms with Crippen molar-refractivity contribution in [2.45, 2.75) is 31.3 Å². The lowest BCUT2D eigenvalue weighted by Crippen LogP contribution is -2.59. The molecule has 110 valence electrons. The summed E-state index contributed by atoms with van der Waals surface area (Å²) >= 11 is 0. The number of carbonyl (C=O) groups is 2. The zero-order chi connectivity index (χ0) is 14.7. The molecule has 1 aliphatic heterocycles. The summed E-state index contributed by atoms with van der Waals surface area (Å²) in [7, 11) is 3.84. The Hall–Kier alpha value is -1.34. The number of amides is 2. The smallest absolute Gasteiger partial charge is 0.332 e. The molecule has 1 unspecified atom stereocenters. The molecule has 1 saturated heterocycles. The second-order valence-electron chi connectivity index (χ2n) is 5.70. The minimum Gasteiger partial charge on any atom is -0.479 e. The summed E-state index contributed by atoms with van der Waals surface area (Å²) in [6.07, 6.45) is 0.285. The SMILES string of the molecule is CN(C)C(C)(C)CNC(=O)NC1(C(=O)O)CCOC1. The van der Waals surface area contributed by atoms with Crippen LogP contribution in [0.2, 0.25) is 0 Å². The van der Waals surface area contributed by atoms with Gasteiger partial charge in [-0.2, -0.15) is 0 Å². The lowest BCUT2D eigenvalue weighted by atomic mass is 9.99. The van der Waals surface area contributed by atoms with Gasteiger partial charge in [0.15, 0.2) is 5.54 Å². The lowest BCUT2D eigenvalue weighted by Gasteiger charge is -2.33. The van der Waals surface area contributed by atoms with Crippen LogP contribution in [0.25, 0.3) is 0 Å². The number of aliphatic carboxylic acids is 1. The van der Waals surface area contributed by atoms with E-state index in [1.165, 1.54) is 0 Å². The Labute approximate surface area is 113 Å². The largest absolute Gasteiger partial charge is 0.479 e. The molecule has 0 saturated carbocycles. The third-order valence-corrected chi connectivity index (χ3v) is 3.68. The van der Waals surface area contributed by atoms with E-state index >= 15 is 0 Å². The fourth-order valence-corrected chi connectivity index (χ4v) is 1.60. The van der Waals surface area contributed by atoms with Gasteiger partial charge in [0.2, 0.25) is 0 Å². The summed E-state index contributed by atoms with van der Waals surface area (Å²) in [6.45, 7) is 4.74. The molecule has 0 radical (unpaired) electrons. The van der Waals surface area contributed by atoms with E-state index in [0.29, 0.717) is 13.2 Å². The van der Waals surface area contributed by atoms with Crippen molar-refractivity contribution in [3.05, 3.63) is 0 Å².